The second-order valence-corrected chi connectivity index (χ2v) is 4.25. The highest BCUT2D eigenvalue weighted by molar-refractivity contribution is 5.85. The van der Waals surface area contributed by atoms with Gasteiger partial charge in [0.1, 0.15) is 5.69 Å². The lowest BCUT2D eigenvalue weighted by Crippen LogP contribution is -1.99. The molecule has 0 radical (unpaired) electrons. The number of rotatable bonds is 4. The van der Waals surface area contributed by atoms with Crippen molar-refractivity contribution in [3.63, 3.8) is 0 Å². The molecule has 0 N–H and O–H groups in total. The Hall–Kier alpha value is -2.62. The van der Waals surface area contributed by atoms with Crippen molar-refractivity contribution >= 4 is 6.29 Å². The molecular weight excluding hydrogens is 240 g/mol. The molecule has 0 unspecified atom stereocenters. The molecule has 3 aromatic rings. The topological polar surface area (TPSA) is 48.0 Å². The summed E-state index contributed by atoms with van der Waals surface area (Å²) in [6.45, 7) is 0.638. The monoisotopic (exact) mass is 252 g/mol. The third-order valence-corrected chi connectivity index (χ3v) is 2.90. The molecule has 0 aliphatic rings. The molecule has 0 fully saturated rings. The van der Waals surface area contributed by atoms with Gasteiger partial charge in [-0.05, 0) is 11.6 Å². The van der Waals surface area contributed by atoms with Crippen molar-refractivity contribution < 1.29 is 9.21 Å². The molecule has 2 heterocycles. The van der Waals surface area contributed by atoms with Gasteiger partial charge in [-0.15, -0.1) is 0 Å². The van der Waals surface area contributed by atoms with Crippen LogP contribution in [-0.2, 0) is 6.54 Å². The maximum absolute atomic E-state index is 11.1. The van der Waals surface area contributed by atoms with Crippen LogP contribution in [0.5, 0.6) is 0 Å². The molecule has 4 heteroatoms. The van der Waals surface area contributed by atoms with E-state index in [0.29, 0.717) is 17.8 Å². The zero-order valence-corrected chi connectivity index (χ0v) is 10.2. The lowest BCUT2D eigenvalue weighted by molar-refractivity contribution is 0.112. The van der Waals surface area contributed by atoms with Gasteiger partial charge in [-0.3, -0.25) is 9.48 Å². The van der Waals surface area contributed by atoms with Crippen LogP contribution in [0.15, 0.2) is 59.5 Å². The summed E-state index contributed by atoms with van der Waals surface area (Å²) >= 11 is 0. The molecule has 0 aliphatic heterocycles. The summed E-state index contributed by atoms with van der Waals surface area (Å²) in [4.78, 5) is 11.1. The molecule has 3 rings (SSSR count). The number of benzene rings is 1. The van der Waals surface area contributed by atoms with E-state index in [1.54, 1.807) is 29.5 Å². The standard InChI is InChI=1S/C15H12N2O2/c18-10-14-9-17(8-12-4-2-1-3-5-12)16-15(14)13-6-7-19-11-13/h1-7,9-11H,8H2. The van der Waals surface area contributed by atoms with Gasteiger partial charge in [-0.2, -0.15) is 5.10 Å². The summed E-state index contributed by atoms with van der Waals surface area (Å²) in [5, 5.41) is 4.44. The fraction of sp³-hybridized carbons (Fsp3) is 0.0667. The number of furan rings is 1. The van der Waals surface area contributed by atoms with Gasteiger partial charge in [-0.1, -0.05) is 30.3 Å². The summed E-state index contributed by atoms with van der Waals surface area (Å²) < 4.78 is 6.80. The van der Waals surface area contributed by atoms with Crippen LogP contribution in [-0.4, -0.2) is 16.1 Å². The van der Waals surface area contributed by atoms with E-state index < -0.39 is 0 Å². The van der Waals surface area contributed by atoms with Crippen LogP contribution in [0.4, 0.5) is 0 Å². The van der Waals surface area contributed by atoms with Crippen LogP contribution in [0.3, 0.4) is 0 Å². The molecule has 2 aromatic heterocycles. The molecule has 0 spiro atoms. The molecule has 0 amide bonds. The van der Waals surface area contributed by atoms with Gasteiger partial charge in [0.2, 0.25) is 0 Å². The first-order chi connectivity index (χ1) is 9.36. The van der Waals surface area contributed by atoms with Crippen LogP contribution in [0.25, 0.3) is 11.3 Å². The highest BCUT2D eigenvalue weighted by Gasteiger charge is 2.11. The number of aromatic nitrogens is 2. The summed E-state index contributed by atoms with van der Waals surface area (Å²) in [7, 11) is 0. The van der Waals surface area contributed by atoms with Crippen molar-refractivity contribution in [2.75, 3.05) is 0 Å². The Morgan fingerprint density at radius 1 is 1.21 bits per heavy atom. The van der Waals surface area contributed by atoms with E-state index in [4.69, 9.17) is 4.42 Å². The minimum Gasteiger partial charge on any atom is -0.472 e. The molecule has 19 heavy (non-hydrogen) atoms. The van der Waals surface area contributed by atoms with Crippen molar-refractivity contribution in [1.82, 2.24) is 9.78 Å². The second-order valence-electron chi connectivity index (χ2n) is 4.25. The Kier molecular flexibility index (Phi) is 2.98. The summed E-state index contributed by atoms with van der Waals surface area (Å²) in [6.07, 6.45) is 5.72. The molecule has 4 nitrogen and oxygen atoms in total. The molecule has 0 aliphatic carbocycles. The SMILES string of the molecule is O=Cc1cn(Cc2ccccc2)nc1-c1ccoc1. The zero-order chi connectivity index (χ0) is 13.1. The first kappa shape index (κ1) is 11.5. The number of hydrogen-bond donors (Lipinski definition) is 0. The van der Waals surface area contributed by atoms with E-state index >= 15 is 0 Å². The van der Waals surface area contributed by atoms with Gasteiger partial charge in [0, 0.05) is 11.8 Å². The Morgan fingerprint density at radius 3 is 2.74 bits per heavy atom. The molecule has 0 bridgehead atoms. The predicted molar refractivity (Wildman–Crippen MR) is 70.9 cm³/mol. The summed E-state index contributed by atoms with van der Waals surface area (Å²) in [5.41, 5.74) is 3.17. The fourth-order valence-corrected chi connectivity index (χ4v) is 2.00. The van der Waals surface area contributed by atoms with E-state index in [1.807, 2.05) is 30.3 Å². The summed E-state index contributed by atoms with van der Waals surface area (Å²) in [5.74, 6) is 0. The highest BCUT2D eigenvalue weighted by Crippen LogP contribution is 2.21. The van der Waals surface area contributed by atoms with Crippen LogP contribution in [0, 0.1) is 0 Å². The van der Waals surface area contributed by atoms with Crippen molar-refractivity contribution in [3.8, 4) is 11.3 Å². The number of nitrogens with zero attached hydrogens (tertiary/aromatic N) is 2. The minimum absolute atomic E-state index is 0.567. The zero-order valence-electron chi connectivity index (χ0n) is 10.2. The molecule has 1 aromatic carbocycles. The maximum Gasteiger partial charge on any atom is 0.153 e. The average Bonchev–Trinajstić information content (AvgIpc) is 3.08. The maximum atomic E-state index is 11.1. The fourth-order valence-electron chi connectivity index (χ4n) is 2.00. The smallest absolute Gasteiger partial charge is 0.153 e. The third-order valence-electron chi connectivity index (χ3n) is 2.90. The van der Waals surface area contributed by atoms with Crippen molar-refractivity contribution in [3.05, 3.63) is 66.2 Å². The molecule has 0 saturated heterocycles. The molecule has 0 atom stereocenters. The van der Waals surface area contributed by atoms with Gasteiger partial charge in [0.25, 0.3) is 0 Å². The average molecular weight is 252 g/mol. The Labute approximate surface area is 110 Å². The largest absolute Gasteiger partial charge is 0.472 e. The van der Waals surface area contributed by atoms with E-state index in [-0.39, 0.29) is 0 Å². The van der Waals surface area contributed by atoms with Gasteiger partial charge in [0.15, 0.2) is 6.29 Å². The van der Waals surface area contributed by atoms with Crippen molar-refractivity contribution in [1.29, 1.82) is 0 Å². The van der Waals surface area contributed by atoms with Crippen LogP contribution < -0.4 is 0 Å². The highest BCUT2D eigenvalue weighted by atomic mass is 16.3. The molecule has 94 valence electrons. The van der Waals surface area contributed by atoms with Crippen LogP contribution >= 0.6 is 0 Å². The number of hydrogen-bond acceptors (Lipinski definition) is 3. The van der Waals surface area contributed by atoms with Crippen molar-refractivity contribution in [2.45, 2.75) is 6.54 Å². The first-order valence-corrected chi connectivity index (χ1v) is 5.96. The number of carbonyl (C=O) groups excluding carboxylic acids is 1. The lowest BCUT2D eigenvalue weighted by Gasteiger charge is -2.00. The van der Waals surface area contributed by atoms with Gasteiger partial charge in [0.05, 0.1) is 24.6 Å². The third kappa shape index (κ3) is 2.33. The predicted octanol–water partition coefficient (Wildman–Crippen LogP) is 3.00. The normalized spacial score (nSPS) is 10.5. The van der Waals surface area contributed by atoms with E-state index in [1.165, 1.54) is 0 Å². The van der Waals surface area contributed by atoms with Gasteiger partial charge < -0.3 is 4.42 Å². The van der Waals surface area contributed by atoms with Crippen molar-refractivity contribution in [2.24, 2.45) is 0 Å². The van der Waals surface area contributed by atoms with E-state index in [2.05, 4.69) is 5.10 Å². The lowest BCUT2D eigenvalue weighted by atomic mass is 10.2. The number of carbonyl (C=O) groups is 1. The van der Waals surface area contributed by atoms with Crippen LogP contribution in [0.1, 0.15) is 15.9 Å². The van der Waals surface area contributed by atoms with E-state index in [0.717, 1.165) is 17.4 Å². The Bertz CT molecular complexity index is 670. The van der Waals surface area contributed by atoms with Crippen LogP contribution in [0.2, 0.25) is 0 Å². The summed E-state index contributed by atoms with van der Waals surface area (Å²) in [6, 6.07) is 11.8. The van der Waals surface area contributed by atoms with E-state index in [9.17, 15) is 4.79 Å². The number of aldehydes is 1. The van der Waals surface area contributed by atoms with Gasteiger partial charge >= 0.3 is 0 Å². The molecular formula is C15H12N2O2. The molecule has 0 saturated carbocycles. The van der Waals surface area contributed by atoms with Gasteiger partial charge in [-0.25, -0.2) is 0 Å². The Balaban J connectivity index is 1.94. The minimum atomic E-state index is 0.567. The first-order valence-electron chi connectivity index (χ1n) is 5.96. The second kappa shape index (κ2) is 4.94. The quantitative estimate of drug-likeness (QED) is 0.670. The Morgan fingerprint density at radius 2 is 2.05 bits per heavy atom.